The Morgan fingerprint density at radius 3 is 2.83 bits per heavy atom. The molecule has 0 saturated heterocycles. The maximum absolute atomic E-state index is 12.9. The Labute approximate surface area is 120 Å². The molecule has 2 rings (SSSR count). The van der Waals surface area contributed by atoms with E-state index >= 15 is 0 Å². The Balaban J connectivity index is 2.02. The number of halogens is 3. The fraction of sp³-hybridized carbons (Fsp3) is 0.0833. The number of ketones is 1. The maximum atomic E-state index is 12.9. The van der Waals surface area contributed by atoms with Crippen LogP contribution in [0.3, 0.4) is 0 Å². The molecule has 2 aromatic rings. The van der Waals surface area contributed by atoms with Crippen LogP contribution in [-0.2, 0) is 0 Å². The van der Waals surface area contributed by atoms with Crippen LogP contribution in [0, 0.1) is 5.82 Å². The molecule has 0 bridgehead atoms. The van der Waals surface area contributed by atoms with Crippen LogP contribution in [-0.4, -0.2) is 12.4 Å². The minimum absolute atomic E-state index is 0.0303. The van der Waals surface area contributed by atoms with Gasteiger partial charge in [-0.05, 0) is 39.5 Å². The van der Waals surface area contributed by atoms with Crippen LogP contribution >= 0.6 is 38.9 Å². The van der Waals surface area contributed by atoms with E-state index in [1.165, 1.54) is 29.5 Å². The lowest BCUT2D eigenvalue weighted by Gasteiger charge is -2.05. The van der Waals surface area contributed by atoms with Crippen LogP contribution in [0.1, 0.15) is 9.67 Å². The monoisotopic (exact) mass is 348 g/mol. The highest BCUT2D eigenvalue weighted by Gasteiger charge is 2.12. The minimum atomic E-state index is -0.517. The summed E-state index contributed by atoms with van der Waals surface area (Å²) in [5.74, 6) is -0.295. The summed E-state index contributed by atoms with van der Waals surface area (Å²) in [5.41, 5.74) is 0. The second-order valence-electron chi connectivity index (χ2n) is 3.39. The van der Waals surface area contributed by atoms with Crippen LogP contribution in [0.15, 0.2) is 34.1 Å². The molecule has 0 aliphatic heterocycles. The van der Waals surface area contributed by atoms with Crippen LogP contribution in [0.25, 0.3) is 0 Å². The molecule has 1 heterocycles. The van der Waals surface area contributed by atoms with Gasteiger partial charge in [0.25, 0.3) is 0 Å². The van der Waals surface area contributed by atoms with Crippen molar-refractivity contribution in [1.29, 1.82) is 0 Å². The highest BCUT2D eigenvalue weighted by Crippen LogP contribution is 2.24. The molecule has 1 aromatic heterocycles. The summed E-state index contributed by atoms with van der Waals surface area (Å²) in [6.07, 6.45) is 0. The van der Waals surface area contributed by atoms with Gasteiger partial charge in [-0.15, -0.1) is 11.3 Å². The van der Waals surface area contributed by atoms with E-state index in [2.05, 4.69) is 15.9 Å². The average molecular weight is 350 g/mol. The Hall–Kier alpha value is -0.910. The van der Waals surface area contributed by atoms with E-state index in [0.717, 1.165) is 4.47 Å². The number of rotatable bonds is 4. The second kappa shape index (κ2) is 5.82. The molecule has 0 radical (unpaired) electrons. The molecule has 0 amide bonds. The zero-order chi connectivity index (χ0) is 13.1. The molecule has 0 fully saturated rings. The summed E-state index contributed by atoms with van der Waals surface area (Å²) in [6.45, 7) is -0.110. The van der Waals surface area contributed by atoms with Crippen LogP contribution in [0.4, 0.5) is 4.39 Å². The lowest BCUT2D eigenvalue weighted by molar-refractivity contribution is 0.0925. The van der Waals surface area contributed by atoms with Gasteiger partial charge in [-0.1, -0.05) is 11.6 Å². The van der Waals surface area contributed by atoms with Gasteiger partial charge in [0.05, 0.1) is 9.90 Å². The first kappa shape index (κ1) is 13.5. The number of carbonyl (C=O) groups is 1. The molecule has 0 aliphatic carbocycles. The SMILES string of the molecule is O=C(COc1ccc(F)c(Cl)c1)c1sccc1Br. The van der Waals surface area contributed by atoms with E-state index in [-0.39, 0.29) is 17.4 Å². The smallest absolute Gasteiger partial charge is 0.211 e. The molecule has 6 heteroatoms. The van der Waals surface area contributed by atoms with Crippen LogP contribution in [0.2, 0.25) is 5.02 Å². The van der Waals surface area contributed by atoms with E-state index in [1.54, 1.807) is 6.07 Å². The maximum Gasteiger partial charge on any atom is 0.211 e. The molecule has 94 valence electrons. The molecular weight excluding hydrogens is 343 g/mol. The van der Waals surface area contributed by atoms with Gasteiger partial charge in [-0.25, -0.2) is 4.39 Å². The highest BCUT2D eigenvalue weighted by atomic mass is 79.9. The number of thiophene rings is 1. The highest BCUT2D eigenvalue weighted by molar-refractivity contribution is 9.10. The molecule has 18 heavy (non-hydrogen) atoms. The van der Waals surface area contributed by atoms with Crippen molar-refractivity contribution in [3.63, 3.8) is 0 Å². The van der Waals surface area contributed by atoms with E-state index in [4.69, 9.17) is 16.3 Å². The first-order valence-electron chi connectivity index (χ1n) is 4.92. The third-order valence-corrected chi connectivity index (χ3v) is 4.30. The fourth-order valence-corrected chi connectivity index (χ4v) is 2.96. The number of carbonyl (C=O) groups excluding carboxylic acids is 1. The van der Waals surface area contributed by atoms with Crippen molar-refractivity contribution in [2.45, 2.75) is 0 Å². The summed E-state index contributed by atoms with van der Waals surface area (Å²) in [4.78, 5) is 12.4. The lowest BCUT2D eigenvalue weighted by Crippen LogP contribution is -2.10. The van der Waals surface area contributed by atoms with Crippen molar-refractivity contribution < 1.29 is 13.9 Å². The third-order valence-electron chi connectivity index (χ3n) is 2.13. The molecule has 1 aromatic carbocycles. The molecule has 0 spiro atoms. The number of ether oxygens (including phenoxy) is 1. The Morgan fingerprint density at radius 1 is 1.44 bits per heavy atom. The summed E-state index contributed by atoms with van der Waals surface area (Å²) in [5, 5.41) is 1.78. The number of benzene rings is 1. The summed E-state index contributed by atoms with van der Waals surface area (Å²) in [6, 6.07) is 5.77. The van der Waals surface area contributed by atoms with Gasteiger partial charge in [0.2, 0.25) is 5.78 Å². The van der Waals surface area contributed by atoms with Gasteiger partial charge in [0, 0.05) is 10.5 Å². The van der Waals surface area contributed by atoms with E-state index in [9.17, 15) is 9.18 Å². The summed E-state index contributed by atoms with van der Waals surface area (Å²) < 4.78 is 18.9. The molecule has 0 aliphatic rings. The molecule has 0 unspecified atom stereocenters. The van der Waals surface area contributed by atoms with Gasteiger partial charge >= 0.3 is 0 Å². The van der Waals surface area contributed by atoms with Crippen molar-refractivity contribution in [2.24, 2.45) is 0 Å². The van der Waals surface area contributed by atoms with Gasteiger partial charge in [0.1, 0.15) is 11.6 Å². The zero-order valence-corrected chi connectivity index (χ0v) is 12.1. The van der Waals surface area contributed by atoms with E-state index in [1.807, 2.05) is 5.38 Å². The Morgan fingerprint density at radius 2 is 2.22 bits per heavy atom. The predicted molar refractivity (Wildman–Crippen MR) is 73.3 cm³/mol. The topological polar surface area (TPSA) is 26.3 Å². The van der Waals surface area contributed by atoms with Crippen molar-refractivity contribution in [2.75, 3.05) is 6.61 Å². The van der Waals surface area contributed by atoms with Crippen molar-refractivity contribution in [3.05, 3.63) is 49.8 Å². The third kappa shape index (κ3) is 3.10. The standard InChI is InChI=1S/C12H7BrClFO2S/c13-8-3-4-18-12(8)11(16)6-17-7-1-2-10(15)9(14)5-7/h1-5H,6H2. The molecular formula is C12H7BrClFO2S. The van der Waals surface area contributed by atoms with Crippen LogP contribution < -0.4 is 4.74 Å². The van der Waals surface area contributed by atoms with Crippen molar-refractivity contribution in [3.8, 4) is 5.75 Å². The molecule has 0 saturated carbocycles. The Bertz CT molecular complexity index is 585. The summed E-state index contributed by atoms with van der Waals surface area (Å²) >= 11 is 10.2. The predicted octanol–water partition coefficient (Wildman–Crippen LogP) is 4.56. The zero-order valence-electron chi connectivity index (χ0n) is 8.95. The quantitative estimate of drug-likeness (QED) is 0.756. The lowest BCUT2D eigenvalue weighted by atomic mass is 10.3. The second-order valence-corrected chi connectivity index (χ2v) is 5.56. The molecule has 0 atom stereocenters. The number of Topliss-reactive ketones (excluding diaryl/α,β-unsaturated/α-hetero) is 1. The van der Waals surface area contributed by atoms with Crippen molar-refractivity contribution >= 4 is 44.7 Å². The van der Waals surface area contributed by atoms with Crippen LogP contribution in [0.5, 0.6) is 5.75 Å². The van der Waals surface area contributed by atoms with Gasteiger partial charge in [-0.3, -0.25) is 4.79 Å². The first-order valence-corrected chi connectivity index (χ1v) is 6.97. The number of hydrogen-bond acceptors (Lipinski definition) is 3. The fourth-order valence-electron chi connectivity index (χ4n) is 1.27. The Kier molecular flexibility index (Phi) is 4.37. The van der Waals surface area contributed by atoms with Gasteiger partial charge in [-0.2, -0.15) is 0 Å². The number of hydrogen-bond donors (Lipinski definition) is 0. The van der Waals surface area contributed by atoms with Crippen molar-refractivity contribution in [1.82, 2.24) is 0 Å². The molecule has 0 N–H and O–H groups in total. The first-order chi connectivity index (χ1) is 8.58. The average Bonchev–Trinajstić information content (AvgIpc) is 2.77. The largest absolute Gasteiger partial charge is 0.485 e. The van der Waals surface area contributed by atoms with Gasteiger partial charge < -0.3 is 4.74 Å². The van der Waals surface area contributed by atoms with Gasteiger partial charge in [0.15, 0.2) is 6.61 Å². The normalized spacial score (nSPS) is 10.4. The van der Waals surface area contributed by atoms with E-state index in [0.29, 0.717) is 10.6 Å². The minimum Gasteiger partial charge on any atom is -0.485 e. The summed E-state index contributed by atoms with van der Waals surface area (Å²) in [7, 11) is 0. The van der Waals surface area contributed by atoms with E-state index < -0.39 is 5.82 Å². The molecule has 2 nitrogen and oxygen atoms in total.